The molecule has 6 heteroatoms. The fourth-order valence-electron chi connectivity index (χ4n) is 13.4. The molecule has 0 saturated carbocycles. The van der Waals surface area contributed by atoms with E-state index in [2.05, 4.69) is 277 Å². The smallest absolute Gasteiger partial charge is 0.160 e. The molecule has 6 nitrogen and oxygen atoms in total. The highest BCUT2D eigenvalue weighted by molar-refractivity contribution is 6.25. The Labute approximate surface area is 587 Å². The highest BCUT2D eigenvalue weighted by Gasteiger charge is 2.17. The van der Waals surface area contributed by atoms with Gasteiger partial charge in [-0.25, -0.2) is 19.9 Å². The van der Waals surface area contributed by atoms with Crippen molar-refractivity contribution in [2.75, 3.05) is 0 Å². The van der Waals surface area contributed by atoms with Crippen molar-refractivity contribution >= 4 is 43.1 Å². The van der Waals surface area contributed by atoms with Crippen LogP contribution in [-0.2, 0) is 0 Å². The molecule has 0 saturated heterocycles. The molecule has 0 aliphatic carbocycles. The average molecular weight is 1280 g/mol. The van der Waals surface area contributed by atoms with Crippen molar-refractivity contribution in [3.05, 3.63) is 377 Å². The predicted molar refractivity (Wildman–Crippen MR) is 415 cm³/mol. The van der Waals surface area contributed by atoms with Gasteiger partial charge < -0.3 is 0 Å². The maximum absolute atomic E-state index is 8.48. The van der Waals surface area contributed by atoms with E-state index in [-0.39, 0.29) is 29.7 Å². The summed E-state index contributed by atoms with van der Waals surface area (Å²) in [6.45, 7) is 0. The lowest BCUT2D eigenvalue weighted by atomic mass is 9.92. The van der Waals surface area contributed by atoms with E-state index in [1.807, 2.05) is 54.9 Å². The third kappa shape index (κ3) is 12.4. The summed E-state index contributed by atoms with van der Waals surface area (Å²) >= 11 is 0. The number of pyridine rings is 2. The molecule has 0 atom stereocenters. The van der Waals surface area contributed by atoms with E-state index in [1.54, 1.807) is 24.5 Å². The summed E-state index contributed by atoms with van der Waals surface area (Å²) in [5.41, 5.74) is 20.6. The first-order chi connectivity index (χ1) is 51.6. The van der Waals surface area contributed by atoms with Crippen LogP contribution >= 0.6 is 0 Å². The van der Waals surface area contributed by atoms with Crippen molar-refractivity contribution < 1.29 is 6.85 Å². The lowest BCUT2D eigenvalue weighted by Gasteiger charge is -2.13. The van der Waals surface area contributed by atoms with Crippen LogP contribution in [-0.4, -0.2) is 29.9 Å². The summed E-state index contributed by atoms with van der Waals surface area (Å²) in [4.78, 5) is 29.0. The molecule has 0 bridgehead atoms. The fourth-order valence-corrected chi connectivity index (χ4v) is 13.4. The maximum atomic E-state index is 8.48. The second-order valence-corrected chi connectivity index (χ2v) is 24.6. The Morgan fingerprint density at radius 2 is 0.550 bits per heavy atom. The molecule has 18 rings (SSSR count). The molecule has 0 aliphatic heterocycles. The average Bonchev–Trinajstić information content (AvgIpc) is 0.749. The Bertz CT molecular complexity index is 6130. The highest BCUT2D eigenvalue weighted by Crippen LogP contribution is 2.40. The van der Waals surface area contributed by atoms with Crippen LogP contribution in [0.1, 0.15) is 6.85 Å². The van der Waals surface area contributed by atoms with Crippen molar-refractivity contribution in [2.24, 2.45) is 0 Å². The summed E-state index contributed by atoms with van der Waals surface area (Å²) < 4.78 is 41.3. The molecule has 0 amide bonds. The zero-order valence-corrected chi connectivity index (χ0v) is 54.1. The third-order valence-electron chi connectivity index (χ3n) is 18.5. The first-order valence-electron chi connectivity index (χ1n) is 35.8. The van der Waals surface area contributed by atoms with E-state index in [4.69, 9.17) is 26.8 Å². The van der Waals surface area contributed by atoms with Crippen LogP contribution in [0.3, 0.4) is 0 Å². The molecule has 14 aromatic carbocycles. The van der Waals surface area contributed by atoms with Crippen LogP contribution in [0.5, 0.6) is 0 Å². The molecule has 0 unspecified atom stereocenters. The van der Waals surface area contributed by atoms with Gasteiger partial charge in [-0.2, -0.15) is 0 Å². The monoisotopic (exact) mass is 1280 g/mol. The molecule has 0 fully saturated rings. The number of hydrogen-bond donors (Lipinski definition) is 0. The topological polar surface area (TPSA) is 77.3 Å². The zero-order chi connectivity index (χ0) is 70.9. The molecular weight excluding hydrogens is 1210 g/mol. The van der Waals surface area contributed by atoms with Gasteiger partial charge in [0, 0.05) is 63.7 Å². The van der Waals surface area contributed by atoms with Gasteiger partial charge in [0.15, 0.2) is 11.6 Å². The molecule has 0 aliphatic rings. The molecular formula is C94H62N6. The second kappa shape index (κ2) is 27.0. The lowest BCUT2D eigenvalue weighted by Crippen LogP contribution is -1.96. The van der Waals surface area contributed by atoms with Gasteiger partial charge in [-0.15, -0.1) is 0 Å². The standard InChI is InChI=1S/C51H33N3.C43H29N3/c1-2-9-34(10-3-1)35-16-22-38(23-17-35)49-32-50(39-24-18-37(19-25-39)42-11-8-30-52-33-42)54-51(53-49)40-26-20-36(21-27-40)41-28-29-47-45-14-5-4-12-43(45)44-13-6-7-15-46(44)48(47)31-41;1-2-10-30(11-3-1)34-14-6-16-36(26-34)41-28-42(37-17-7-15-35(27-37)38-18-9-25-44-29-38)46-43(45-41)33-23-21-32(22-24-33)40-20-8-13-31-12-4-5-19-39(31)40/h1-33H;1-29H/i1D,2D,3D,9D,10D;. The van der Waals surface area contributed by atoms with Gasteiger partial charge in [0.1, 0.15) is 0 Å². The fraction of sp³-hybridized carbons (Fsp3) is 0. The van der Waals surface area contributed by atoms with Crippen molar-refractivity contribution in [1.29, 1.82) is 0 Å². The number of benzene rings is 14. The Balaban J connectivity index is 0.000000160. The zero-order valence-electron chi connectivity index (χ0n) is 59.1. The molecule has 4 aromatic heterocycles. The second-order valence-electron chi connectivity index (χ2n) is 24.6. The van der Waals surface area contributed by atoms with Crippen LogP contribution < -0.4 is 0 Å². The first-order valence-corrected chi connectivity index (χ1v) is 33.3. The van der Waals surface area contributed by atoms with Crippen LogP contribution in [0.4, 0.5) is 0 Å². The van der Waals surface area contributed by atoms with Crippen molar-refractivity contribution in [1.82, 2.24) is 29.9 Å². The van der Waals surface area contributed by atoms with E-state index in [0.29, 0.717) is 22.9 Å². The lowest BCUT2D eigenvalue weighted by molar-refractivity contribution is 1.18. The van der Waals surface area contributed by atoms with Gasteiger partial charge in [0.25, 0.3) is 0 Å². The van der Waals surface area contributed by atoms with Gasteiger partial charge in [0.2, 0.25) is 0 Å². The van der Waals surface area contributed by atoms with Gasteiger partial charge in [-0.05, 0) is 147 Å². The summed E-state index contributed by atoms with van der Waals surface area (Å²) in [5, 5.41) is 9.88. The Morgan fingerprint density at radius 3 is 1.09 bits per heavy atom. The molecule has 0 radical (unpaired) electrons. The molecule has 468 valence electrons. The summed E-state index contributed by atoms with van der Waals surface area (Å²) in [6, 6.07) is 109. The Morgan fingerprint density at radius 1 is 0.200 bits per heavy atom. The molecule has 18 aromatic rings. The van der Waals surface area contributed by atoms with Gasteiger partial charge >= 0.3 is 0 Å². The predicted octanol–water partition coefficient (Wildman–Crippen LogP) is 24.4. The third-order valence-corrected chi connectivity index (χ3v) is 18.5. The summed E-state index contributed by atoms with van der Waals surface area (Å²) in [5.74, 6) is 1.25. The van der Waals surface area contributed by atoms with Crippen LogP contribution in [0, 0.1) is 0 Å². The molecule has 100 heavy (non-hydrogen) atoms. The number of hydrogen-bond acceptors (Lipinski definition) is 6. The van der Waals surface area contributed by atoms with E-state index in [9.17, 15) is 0 Å². The molecule has 4 heterocycles. The van der Waals surface area contributed by atoms with E-state index in [0.717, 1.165) is 95.0 Å². The number of rotatable bonds is 12. The number of aromatic nitrogens is 6. The van der Waals surface area contributed by atoms with E-state index in [1.165, 1.54) is 54.2 Å². The molecule has 0 N–H and O–H groups in total. The quantitative estimate of drug-likeness (QED) is 0.113. The minimum Gasteiger partial charge on any atom is -0.264 e. The minimum absolute atomic E-state index is 0.161. The van der Waals surface area contributed by atoms with Gasteiger partial charge in [-0.3, -0.25) is 9.97 Å². The molecule has 0 spiro atoms. The van der Waals surface area contributed by atoms with Crippen LogP contribution in [0.25, 0.3) is 178 Å². The Kier molecular flexibility index (Phi) is 14.8. The normalized spacial score (nSPS) is 11.9. The summed E-state index contributed by atoms with van der Waals surface area (Å²) in [6.07, 6.45) is 7.29. The van der Waals surface area contributed by atoms with Crippen molar-refractivity contribution in [2.45, 2.75) is 0 Å². The van der Waals surface area contributed by atoms with E-state index < -0.39 is 6.04 Å². The van der Waals surface area contributed by atoms with Crippen molar-refractivity contribution in [3.63, 3.8) is 0 Å². The van der Waals surface area contributed by atoms with Gasteiger partial charge in [-0.1, -0.05) is 309 Å². The first kappa shape index (κ1) is 54.8. The largest absolute Gasteiger partial charge is 0.264 e. The van der Waals surface area contributed by atoms with Crippen molar-refractivity contribution in [3.8, 4) is 135 Å². The number of fused-ring (bicyclic) bond motifs is 7. The minimum atomic E-state index is -0.414. The summed E-state index contributed by atoms with van der Waals surface area (Å²) in [7, 11) is 0. The maximum Gasteiger partial charge on any atom is 0.160 e. The highest BCUT2D eigenvalue weighted by atomic mass is 14.9. The Hall–Kier alpha value is -13.4. The number of nitrogens with zero attached hydrogens (tertiary/aromatic N) is 6. The van der Waals surface area contributed by atoms with E-state index >= 15 is 0 Å². The van der Waals surface area contributed by atoms with Crippen LogP contribution in [0.15, 0.2) is 377 Å². The SMILES string of the molecule is [2H]c1c([2H])c([2H])c(-c2ccc(-c3cc(-c4ccc(-c5cccnc5)cc4)nc(-c4ccc(-c5ccc6c7ccccc7c7ccccc7c6c5)cc4)n3)cc2)c([2H])c1[2H].c1ccc(-c2cccc(-c3cc(-c4cccc(-c5cccnc5)c4)nc(-c4ccc(-c5cccc6ccccc56)cc4)n3)c2)cc1. The van der Waals surface area contributed by atoms with Crippen LogP contribution in [0.2, 0.25) is 0 Å². The van der Waals surface area contributed by atoms with Gasteiger partial charge in [0.05, 0.1) is 29.6 Å².